The van der Waals surface area contributed by atoms with Crippen LogP contribution in [0.15, 0.2) is 35.4 Å². The number of methoxy groups -OCH3 is 1. The molecule has 2 heterocycles. The Morgan fingerprint density at radius 1 is 1.25 bits per heavy atom. The number of nitrogens with one attached hydrogen (secondary N) is 1. The zero-order chi connectivity index (χ0) is 16.9. The van der Waals surface area contributed by atoms with Crippen molar-refractivity contribution < 1.29 is 9.53 Å². The molecule has 1 aliphatic heterocycles. The number of hydrogen-bond acceptors (Lipinski definition) is 6. The van der Waals surface area contributed by atoms with Crippen molar-refractivity contribution in [3.05, 3.63) is 30.5 Å². The lowest BCUT2D eigenvalue weighted by Crippen LogP contribution is -2.48. The van der Waals surface area contributed by atoms with E-state index in [1.165, 1.54) is 4.90 Å². The maximum absolute atomic E-state index is 11.9. The van der Waals surface area contributed by atoms with Gasteiger partial charge in [0.25, 0.3) is 0 Å². The Bertz CT molecular complexity index is 717. The molecule has 2 aromatic rings. The second-order valence-electron chi connectivity index (χ2n) is 5.60. The third kappa shape index (κ3) is 3.63. The van der Waals surface area contributed by atoms with Gasteiger partial charge in [0.15, 0.2) is 0 Å². The number of fused-ring (bicyclic) bond motifs is 1. The Kier molecular flexibility index (Phi) is 5.55. The quantitative estimate of drug-likeness (QED) is 0.830. The molecule has 1 aromatic heterocycles. The van der Waals surface area contributed by atoms with Gasteiger partial charge in [0, 0.05) is 48.0 Å². The Labute approximate surface area is 146 Å². The van der Waals surface area contributed by atoms with Gasteiger partial charge in [-0.1, -0.05) is 6.07 Å². The molecule has 1 N–H and O–H groups in total. The van der Waals surface area contributed by atoms with Crippen molar-refractivity contribution >= 4 is 28.6 Å². The highest BCUT2D eigenvalue weighted by atomic mass is 32.2. The fraction of sp³-hybridized carbons (Fsp3) is 0.412. The summed E-state index contributed by atoms with van der Waals surface area (Å²) in [6.45, 7) is 3.66. The zero-order valence-electron chi connectivity index (χ0n) is 14.0. The fourth-order valence-corrected chi connectivity index (χ4v) is 3.86. The summed E-state index contributed by atoms with van der Waals surface area (Å²) in [6.07, 6.45) is 1.78. The molecule has 7 heteroatoms. The fourth-order valence-electron chi connectivity index (χ4n) is 2.82. The minimum Gasteiger partial charge on any atom is -0.481 e. The Balaban J connectivity index is 1.70. The van der Waals surface area contributed by atoms with E-state index in [-0.39, 0.29) is 5.91 Å². The number of pyridine rings is 1. The van der Waals surface area contributed by atoms with E-state index in [1.807, 2.05) is 23.1 Å². The lowest BCUT2D eigenvalue weighted by molar-refractivity contribution is -0.131. The van der Waals surface area contributed by atoms with Crippen molar-refractivity contribution in [1.29, 1.82) is 0 Å². The highest BCUT2D eigenvalue weighted by Crippen LogP contribution is 2.33. The van der Waals surface area contributed by atoms with E-state index in [9.17, 15) is 4.79 Å². The number of likely N-dealkylation sites (N-methyl/N-ethyl adjacent to an activating group) is 1. The minimum atomic E-state index is 0.170. The van der Waals surface area contributed by atoms with Crippen LogP contribution in [0, 0.1) is 0 Å². The first-order valence-corrected chi connectivity index (χ1v) is 8.77. The average molecular weight is 346 g/mol. The van der Waals surface area contributed by atoms with Crippen LogP contribution in [0.5, 0.6) is 5.88 Å². The summed E-state index contributed by atoms with van der Waals surface area (Å²) in [5.41, 5.74) is 0. The predicted octanol–water partition coefficient (Wildman–Crippen LogP) is 1.61. The molecule has 0 spiro atoms. The molecule has 1 saturated heterocycles. The second kappa shape index (κ2) is 7.83. The summed E-state index contributed by atoms with van der Waals surface area (Å²) in [6, 6.07) is 8.19. The summed E-state index contributed by atoms with van der Waals surface area (Å²) < 4.78 is 7.66. The molecule has 1 aromatic carbocycles. The number of ether oxygens (including phenoxy) is 1. The topological polar surface area (TPSA) is 57.7 Å². The smallest absolute Gasteiger partial charge is 0.236 e. The zero-order valence-corrected chi connectivity index (χ0v) is 14.8. The van der Waals surface area contributed by atoms with E-state index in [0.29, 0.717) is 12.4 Å². The summed E-state index contributed by atoms with van der Waals surface area (Å²) >= 11 is 1.74. The number of carbonyl (C=O) groups is 1. The number of amides is 1. The first-order valence-electron chi connectivity index (χ1n) is 8.00. The van der Waals surface area contributed by atoms with Crippen molar-refractivity contribution in [2.75, 3.05) is 46.9 Å². The van der Waals surface area contributed by atoms with Gasteiger partial charge in [0.1, 0.15) is 0 Å². The molecule has 128 valence electrons. The van der Waals surface area contributed by atoms with Crippen molar-refractivity contribution in [2.45, 2.75) is 4.90 Å². The average Bonchev–Trinajstić information content (AvgIpc) is 2.62. The third-order valence-corrected chi connectivity index (χ3v) is 5.25. The van der Waals surface area contributed by atoms with E-state index < -0.39 is 0 Å². The number of carbonyl (C=O) groups excluding carboxylic acids is 1. The Morgan fingerprint density at radius 2 is 2.04 bits per heavy atom. The first kappa shape index (κ1) is 17.0. The van der Waals surface area contributed by atoms with Gasteiger partial charge in [-0.2, -0.15) is 0 Å². The standard InChI is InChI=1S/C17H22N4O2S/c1-18-12-16(22)20-8-10-21(11-9-20)24-15-5-3-4-14-13(15)6-7-19-17(14)23-2/h3-7,18H,8-12H2,1-2H3. The van der Waals surface area contributed by atoms with Gasteiger partial charge in [-0.25, -0.2) is 9.29 Å². The highest BCUT2D eigenvalue weighted by Gasteiger charge is 2.21. The summed E-state index contributed by atoms with van der Waals surface area (Å²) in [4.78, 5) is 19.3. The van der Waals surface area contributed by atoms with Crippen LogP contribution < -0.4 is 10.1 Å². The van der Waals surface area contributed by atoms with Crippen LogP contribution in [0.1, 0.15) is 0 Å². The van der Waals surface area contributed by atoms with E-state index >= 15 is 0 Å². The lowest BCUT2D eigenvalue weighted by Gasteiger charge is -2.34. The van der Waals surface area contributed by atoms with E-state index in [1.54, 1.807) is 32.3 Å². The van der Waals surface area contributed by atoms with Crippen LogP contribution in [0.4, 0.5) is 0 Å². The van der Waals surface area contributed by atoms with Crippen LogP contribution >= 0.6 is 11.9 Å². The van der Waals surface area contributed by atoms with Crippen LogP contribution in [0.25, 0.3) is 10.8 Å². The summed E-state index contributed by atoms with van der Waals surface area (Å²) in [5.74, 6) is 0.820. The number of benzene rings is 1. The van der Waals surface area contributed by atoms with Crippen molar-refractivity contribution in [1.82, 2.24) is 19.5 Å². The number of piperazine rings is 1. The Morgan fingerprint density at radius 3 is 2.75 bits per heavy atom. The van der Waals surface area contributed by atoms with Crippen LogP contribution in [0.3, 0.4) is 0 Å². The van der Waals surface area contributed by atoms with Crippen molar-refractivity contribution in [2.24, 2.45) is 0 Å². The van der Waals surface area contributed by atoms with Gasteiger partial charge in [-0.15, -0.1) is 0 Å². The molecule has 0 unspecified atom stereocenters. The maximum atomic E-state index is 11.9. The monoisotopic (exact) mass is 346 g/mol. The molecule has 1 amide bonds. The van der Waals surface area contributed by atoms with E-state index in [4.69, 9.17) is 4.74 Å². The van der Waals surface area contributed by atoms with Gasteiger partial charge < -0.3 is 15.0 Å². The molecule has 0 radical (unpaired) electrons. The van der Waals surface area contributed by atoms with Crippen LogP contribution in [-0.4, -0.2) is 67.0 Å². The molecular weight excluding hydrogens is 324 g/mol. The van der Waals surface area contributed by atoms with Crippen molar-refractivity contribution in [3.8, 4) is 5.88 Å². The molecule has 0 bridgehead atoms. The largest absolute Gasteiger partial charge is 0.481 e. The van der Waals surface area contributed by atoms with Gasteiger partial charge in [0.05, 0.1) is 13.7 Å². The summed E-state index contributed by atoms with van der Waals surface area (Å²) in [7, 11) is 3.44. The lowest BCUT2D eigenvalue weighted by atomic mass is 10.2. The van der Waals surface area contributed by atoms with Gasteiger partial charge >= 0.3 is 0 Å². The Hall–Kier alpha value is -1.83. The molecule has 6 nitrogen and oxygen atoms in total. The number of aromatic nitrogens is 1. The number of nitrogens with zero attached hydrogens (tertiary/aromatic N) is 3. The normalized spacial score (nSPS) is 15.7. The maximum Gasteiger partial charge on any atom is 0.236 e. The predicted molar refractivity (Wildman–Crippen MR) is 96.2 cm³/mol. The highest BCUT2D eigenvalue weighted by molar-refractivity contribution is 7.97. The molecule has 1 fully saturated rings. The summed E-state index contributed by atoms with van der Waals surface area (Å²) in [5, 5.41) is 5.08. The second-order valence-corrected chi connectivity index (χ2v) is 6.74. The number of hydrogen-bond donors (Lipinski definition) is 1. The molecule has 3 rings (SSSR count). The van der Waals surface area contributed by atoms with Crippen LogP contribution in [-0.2, 0) is 4.79 Å². The third-order valence-electron chi connectivity index (χ3n) is 4.07. The molecular formula is C17H22N4O2S. The molecule has 0 atom stereocenters. The molecule has 24 heavy (non-hydrogen) atoms. The molecule has 1 aliphatic rings. The van der Waals surface area contributed by atoms with E-state index in [0.717, 1.165) is 37.0 Å². The van der Waals surface area contributed by atoms with E-state index in [2.05, 4.69) is 20.7 Å². The van der Waals surface area contributed by atoms with Gasteiger partial charge in [0.2, 0.25) is 11.8 Å². The SMILES string of the molecule is CNCC(=O)N1CCN(Sc2cccc3c(OC)nccc23)CC1. The number of rotatable bonds is 5. The molecule has 0 aliphatic carbocycles. The molecule has 0 saturated carbocycles. The van der Waals surface area contributed by atoms with Gasteiger partial charge in [-0.3, -0.25) is 4.79 Å². The van der Waals surface area contributed by atoms with Gasteiger partial charge in [-0.05, 0) is 37.2 Å². The first-order chi connectivity index (χ1) is 11.7. The minimum absolute atomic E-state index is 0.170. The van der Waals surface area contributed by atoms with Crippen molar-refractivity contribution in [3.63, 3.8) is 0 Å². The van der Waals surface area contributed by atoms with Crippen LogP contribution in [0.2, 0.25) is 0 Å².